The van der Waals surface area contributed by atoms with Gasteiger partial charge in [-0.1, -0.05) is 28.1 Å². The Morgan fingerprint density at radius 2 is 1.75 bits per heavy atom. The smallest absolute Gasteiger partial charge is 0.337 e. The Balaban J connectivity index is 1.68. The van der Waals surface area contributed by atoms with E-state index in [1.165, 1.54) is 13.2 Å². The van der Waals surface area contributed by atoms with Crippen LogP contribution in [-0.2, 0) is 9.47 Å². The number of rotatable bonds is 5. The molecule has 0 spiro atoms. The number of hydrogen-bond acceptors (Lipinski definition) is 5. The lowest BCUT2D eigenvalue weighted by Crippen LogP contribution is -2.36. The number of ether oxygens (including phenoxy) is 2. The molecule has 0 radical (unpaired) electrons. The maximum atomic E-state index is 12.7. The van der Waals surface area contributed by atoms with Crippen molar-refractivity contribution in [1.29, 1.82) is 0 Å². The molecule has 1 saturated heterocycles. The fourth-order valence-electron chi connectivity index (χ4n) is 3.12. The summed E-state index contributed by atoms with van der Waals surface area (Å²) in [5.41, 5.74) is 2.88. The van der Waals surface area contributed by atoms with Gasteiger partial charge in [0.1, 0.15) is 0 Å². The van der Waals surface area contributed by atoms with Crippen molar-refractivity contribution in [2.24, 2.45) is 0 Å². The molecule has 1 aliphatic rings. The fourth-order valence-corrected chi connectivity index (χ4v) is 3.61. The third kappa shape index (κ3) is 4.91. The lowest BCUT2D eigenvalue weighted by Gasteiger charge is -2.29. The Hall–Kier alpha value is -2.38. The lowest BCUT2D eigenvalue weighted by molar-refractivity contribution is 0.0600. The van der Waals surface area contributed by atoms with Gasteiger partial charge in [0, 0.05) is 28.8 Å². The monoisotopic (exact) mass is 446 g/mol. The van der Waals surface area contributed by atoms with Gasteiger partial charge in [-0.3, -0.25) is 4.79 Å². The summed E-state index contributed by atoms with van der Waals surface area (Å²) in [7, 11) is 1.31. The van der Waals surface area contributed by atoms with Gasteiger partial charge in [-0.05, 0) is 42.8 Å². The number of methoxy groups -OCH3 is 1. The highest BCUT2D eigenvalue weighted by atomic mass is 79.9. The van der Waals surface area contributed by atoms with Gasteiger partial charge in [0.2, 0.25) is 0 Å². The number of carbonyl (C=O) groups is 2. The summed E-state index contributed by atoms with van der Waals surface area (Å²) in [6.45, 7) is 5.19. The molecule has 1 fully saturated rings. The number of nitrogens with one attached hydrogen (secondary N) is 1. The Kier molecular flexibility index (Phi) is 6.70. The molecule has 1 unspecified atom stereocenters. The quantitative estimate of drug-likeness (QED) is 0.711. The summed E-state index contributed by atoms with van der Waals surface area (Å²) >= 11 is 3.33. The molecule has 1 aliphatic heterocycles. The summed E-state index contributed by atoms with van der Waals surface area (Å²) in [5.74, 6) is -0.738. The molecular weight excluding hydrogens is 424 g/mol. The number of esters is 1. The lowest BCUT2D eigenvalue weighted by atomic mass is 10.1. The first-order valence-corrected chi connectivity index (χ1v) is 9.89. The van der Waals surface area contributed by atoms with Crippen LogP contribution in [-0.4, -0.2) is 45.3 Å². The number of benzene rings is 2. The molecule has 1 heterocycles. The first-order valence-electron chi connectivity index (χ1n) is 9.10. The van der Waals surface area contributed by atoms with Crippen LogP contribution in [0.15, 0.2) is 46.9 Å². The molecule has 7 heteroatoms. The maximum Gasteiger partial charge on any atom is 0.337 e. The average Bonchev–Trinajstić information content (AvgIpc) is 2.73. The Morgan fingerprint density at radius 1 is 1.11 bits per heavy atom. The number of amides is 1. The van der Waals surface area contributed by atoms with Gasteiger partial charge in [-0.2, -0.15) is 0 Å². The minimum absolute atomic E-state index is 0.174. The molecule has 0 saturated carbocycles. The van der Waals surface area contributed by atoms with Crippen molar-refractivity contribution < 1.29 is 19.1 Å². The number of nitrogens with zero attached hydrogens (tertiary/aromatic N) is 1. The number of halogens is 1. The zero-order valence-electron chi connectivity index (χ0n) is 15.9. The Bertz CT molecular complexity index is 848. The minimum Gasteiger partial charge on any atom is -0.465 e. The summed E-state index contributed by atoms with van der Waals surface area (Å²) in [4.78, 5) is 26.7. The van der Waals surface area contributed by atoms with E-state index in [0.29, 0.717) is 15.6 Å². The fraction of sp³-hybridized carbons (Fsp3) is 0.333. The van der Waals surface area contributed by atoms with Gasteiger partial charge in [0.15, 0.2) is 0 Å². The normalized spacial score (nSPS) is 15.0. The van der Waals surface area contributed by atoms with Crippen LogP contribution in [0.2, 0.25) is 0 Å². The second-order valence-electron chi connectivity index (χ2n) is 6.61. The van der Waals surface area contributed by atoms with Gasteiger partial charge in [0.05, 0.1) is 31.9 Å². The Morgan fingerprint density at radius 3 is 2.39 bits per heavy atom. The SMILES string of the molecule is COC(=O)c1cc(Br)cc(C(=O)NC(C)c2ccc(N3CCOCC3)cc2)c1. The van der Waals surface area contributed by atoms with Crippen molar-refractivity contribution in [1.82, 2.24) is 5.32 Å². The molecule has 0 aliphatic carbocycles. The van der Waals surface area contributed by atoms with E-state index in [-0.39, 0.29) is 11.9 Å². The van der Waals surface area contributed by atoms with Crippen LogP contribution in [0, 0.1) is 0 Å². The standard InChI is InChI=1S/C21H23BrN2O4/c1-14(15-3-5-19(6-4-15)24-7-9-28-10-8-24)23-20(25)16-11-17(21(26)27-2)13-18(22)12-16/h3-6,11-14H,7-10H2,1-2H3,(H,23,25). The highest BCUT2D eigenvalue weighted by molar-refractivity contribution is 9.10. The van der Waals surface area contributed by atoms with Crippen LogP contribution >= 0.6 is 15.9 Å². The molecule has 0 bridgehead atoms. The predicted molar refractivity (Wildman–Crippen MR) is 111 cm³/mol. The number of anilines is 1. The minimum atomic E-state index is -0.484. The van der Waals surface area contributed by atoms with Crippen LogP contribution in [0.4, 0.5) is 5.69 Å². The molecule has 1 amide bonds. The molecule has 1 atom stereocenters. The zero-order chi connectivity index (χ0) is 20.1. The van der Waals surface area contributed by atoms with Crippen LogP contribution < -0.4 is 10.2 Å². The molecule has 6 nitrogen and oxygen atoms in total. The van der Waals surface area contributed by atoms with E-state index in [4.69, 9.17) is 9.47 Å². The largest absolute Gasteiger partial charge is 0.465 e. The van der Waals surface area contributed by atoms with Gasteiger partial charge in [0.25, 0.3) is 5.91 Å². The van der Waals surface area contributed by atoms with Gasteiger partial charge in [-0.15, -0.1) is 0 Å². The second kappa shape index (κ2) is 9.21. The van der Waals surface area contributed by atoms with Crippen molar-refractivity contribution in [2.75, 3.05) is 38.3 Å². The first-order chi connectivity index (χ1) is 13.5. The van der Waals surface area contributed by atoms with Gasteiger partial charge in [-0.25, -0.2) is 4.79 Å². The van der Waals surface area contributed by atoms with Crippen molar-refractivity contribution in [3.8, 4) is 0 Å². The topological polar surface area (TPSA) is 67.9 Å². The van der Waals surface area contributed by atoms with Gasteiger partial charge >= 0.3 is 5.97 Å². The van der Waals surface area contributed by atoms with Crippen LogP contribution in [0.25, 0.3) is 0 Å². The highest BCUT2D eigenvalue weighted by Crippen LogP contribution is 2.21. The van der Waals surface area contributed by atoms with Crippen molar-refractivity contribution in [3.05, 3.63) is 63.6 Å². The molecule has 2 aromatic rings. The number of morpholine rings is 1. The molecule has 1 N–H and O–H groups in total. The molecule has 3 rings (SSSR count). The molecular formula is C21H23BrN2O4. The Labute approximate surface area is 172 Å². The molecule has 28 heavy (non-hydrogen) atoms. The molecule has 0 aromatic heterocycles. The van der Waals surface area contributed by atoms with E-state index in [9.17, 15) is 9.59 Å². The number of hydrogen-bond donors (Lipinski definition) is 1. The van der Waals surface area contributed by atoms with Crippen molar-refractivity contribution in [3.63, 3.8) is 0 Å². The van der Waals surface area contributed by atoms with Crippen LogP contribution in [0.3, 0.4) is 0 Å². The van der Waals surface area contributed by atoms with Crippen molar-refractivity contribution in [2.45, 2.75) is 13.0 Å². The molecule has 2 aromatic carbocycles. The zero-order valence-corrected chi connectivity index (χ0v) is 17.5. The second-order valence-corrected chi connectivity index (χ2v) is 7.52. The van der Waals surface area contributed by atoms with E-state index >= 15 is 0 Å². The van der Waals surface area contributed by atoms with Gasteiger partial charge < -0.3 is 19.7 Å². The number of carbonyl (C=O) groups excluding carboxylic acids is 2. The van der Waals surface area contributed by atoms with E-state index in [2.05, 4.69) is 38.3 Å². The third-order valence-corrected chi connectivity index (χ3v) is 5.16. The highest BCUT2D eigenvalue weighted by Gasteiger charge is 2.16. The summed E-state index contributed by atoms with van der Waals surface area (Å²) < 4.78 is 10.8. The average molecular weight is 447 g/mol. The van der Waals surface area contributed by atoms with E-state index < -0.39 is 5.97 Å². The maximum absolute atomic E-state index is 12.7. The summed E-state index contributed by atoms with van der Waals surface area (Å²) in [6, 6.07) is 12.8. The van der Waals surface area contributed by atoms with Crippen LogP contribution in [0.1, 0.15) is 39.2 Å². The molecule has 148 valence electrons. The van der Waals surface area contributed by atoms with E-state index in [0.717, 1.165) is 37.6 Å². The van der Waals surface area contributed by atoms with Crippen molar-refractivity contribution >= 4 is 33.5 Å². The van der Waals surface area contributed by atoms with E-state index in [1.54, 1.807) is 12.1 Å². The summed E-state index contributed by atoms with van der Waals surface area (Å²) in [6.07, 6.45) is 0. The van der Waals surface area contributed by atoms with E-state index in [1.807, 2.05) is 19.1 Å². The first kappa shape index (κ1) is 20.4. The van der Waals surface area contributed by atoms with Crippen LogP contribution in [0.5, 0.6) is 0 Å². The predicted octanol–water partition coefficient (Wildman–Crippen LogP) is 3.56. The third-order valence-electron chi connectivity index (χ3n) is 4.70. The summed E-state index contributed by atoms with van der Waals surface area (Å²) in [5, 5.41) is 2.98.